The minimum Gasteiger partial charge on any atom is -0.465 e. The van der Waals surface area contributed by atoms with Crippen molar-refractivity contribution in [2.75, 3.05) is 24.9 Å². The first kappa shape index (κ1) is 28.3. The Morgan fingerprint density at radius 1 is 1.00 bits per heavy atom. The number of nitrogens with zero attached hydrogens (tertiary/aromatic N) is 1. The first-order valence-corrected chi connectivity index (χ1v) is 15.4. The minimum absolute atomic E-state index is 0.00626. The Balaban J connectivity index is 1.40. The van der Waals surface area contributed by atoms with Gasteiger partial charge in [-0.1, -0.05) is 30.7 Å². The van der Waals surface area contributed by atoms with Gasteiger partial charge >= 0.3 is 5.97 Å². The predicted molar refractivity (Wildman–Crippen MR) is 152 cm³/mol. The van der Waals surface area contributed by atoms with Gasteiger partial charge in [0.05, 0.1) is 21.3 Å². The number of methoxy groups -OCH3 is 1. The highest BCUT2D eigenvalue weighted by Gasteiger charge is 2.28. The molecule has 1 amide bonds. The standard InChI is InChI=1S/C27H30BrN3O5S2/c1-18-23(26(32)29-16-19-6-8-20(9-7-19)17-31-14-4-3-5-15-31)37-25(28)24(18)38(34,35)30-22-12-10-21(11-13-22)27(33)36-2/h6-13,30H,3-5,14-17H2,1-2H3,(H,29,32). The van der Waals surface area contributed by atoms with Gasteiger partial charge in [-0.05, 0) is 89.7 Å². The highest BCUT2D eigenvalue weighted by Crippen LogP contribution is 2.37. The lowest BCUT2D eigenvalue weighted by atomic mass is 10.1. The van der Waals surface area contributed by atoms with Gasteiger partial charge in [0.25, 0.3) is 15.9 Å². The van der Waals surface area contributed by atoms with Crippen LogP contribution < -0.4 is 10.0 Å². The zero-order valence-corrected chi connectivity index (χ0v) is 24.5. The first-order chi connectivity index (χ1) is 18.2. The number of carbonyl (C=O) groups excluding carboxylic acids is 2. The molecule has 1 fully saturated rings. The molecule has 2 heterocycles. The molecule has 1 aliphatic rings. The average Bonchev–Trinajstić information content (AvgIpc) is 3.23. The molecule has 0 radical (unpaired) electrons. The molecule has 0 aliphatic carbocycles. The molecule has 11 heteroatoms. The number of halogens is 1. The third kappa shape index (κ3) is 6.82. The van der Waals surface area contributed by atoms with Crippen LogP contribution in [0, 0.1) is 6.92 Å². The van der Waals surface area contributed by atoms with Gasteiger partial charge in [-0.25, -0.2) is 13.2 Å². The number of carbonyl (C=O) groups is 2. The van der Waals surface area contributed by atoms with E-state index in [0.717, 1.165) is 36.5 Å². The maximum Gasteiger partial charge on any atom is 0.337 e. The van der Waals surface area contributed by atoms with E-state index in [1.54, 1.807) is 6.92 Å². The lowest BCUT2D eigenvalue weighted by molar-refractivity contribution is 0.0600. The number of benzene rings is 2. The fourth-order valence-electron chi connectivity index (χ4n) is 4.39. The zero-order chi connectivity index (χ0) is 27.3. The van der Waals surface area contributed by atoms with E-state index in [0.29, 0.717) is 26.3 Å². The molecule has 8 nitrogen and oxygen atoms in total. The molecule has 1 aromatic heterocycles. The lowest BCUT2D eigenvalue weighted by Gasteiger charge is -2.26. The Morgan fingerprint density at radius 3 is 2.26 bits per heavy atom. The van der Waals surface area contributed by atoms with Crippen molar-refractivity contribution in [2.45, 2.75) is 44.2 Å². The summed E-state index contributed by atoms with van der Waals surface area (Å²) >= 11 is 4.40. The summed E-state index contributed by atoms with van der Waals surface area (Å²) in [5.41, 5.74) is 3.17. The van der Waals surface area contributed by atoms with E-state index in [-0.39, 0.29) is 16.5 Å². The highest BCUT2D eigenvalue weighted by atomic mass is 79.9. The van der Waals surface area contributed by atoms with Crippen LogP contribution in [0.4, 0.5) is 5.69 Å². The number of anilines is 1. The number of likely N-dealkylation sites (tertiary alicyclic amines) is 1. The smallest absolute Gasteiger partial charge is 0.337 e. The maximum absolute atomic E-state index is 13.1. The summed E-state index contributed by atoms with van der Waals surface area (Å²) in [6, 6.07) is 14.1. The van der Waals surface area contributed by atoms with Crippen LogP contribution in [0.3, 0.4) is 0 Å². The van der Waals surface area contributed by atoms with E-state index in [1.807, 2.05) is 12.1 Å². The third-order valence-corrected chi connectivity index (χ3v) is 10.3. The molecular formula is C27H30BrN3O5S2. The van der Waals surface area contributed by atoms with Gasteiger partial charge in [0, 0.05) is 18.8 Å². The van der Waals surface area contributed by atoms with Crippen molar-refractivity contribution in [3.63, 3.8) is 0 Å². The predicted octanol–water partition coefficient (Wildman–Crippen LogP) is 5.32. The second-order valence-corrected chi connectivity index (χ2v) is 13.1. The number of nitrogens with one attached hydrogen (secondary N) is 2. The topological polar surface area (TPSA) is 105 Å². The monoisotopic (exact) mass is 619 g/mol. The van der Waals surface area contributed by atoms with E-state index in [1.165, 1.54) is 56.2 Å². The Bertz CT molecular complexity index is 1400. The summed E-state index contributed by atoms with van der Waals surface area (Å²) in [6.45, 7) is 5.17. The summed E-state index contributed by atoms with van der Waals surface area (Å²) in [5.74, 6) is -0.852. The Morgan fingerprint density at radius 2 is 1.63 bits per heavy atom. The summed E-state index contributed by atoms with van der Waals surface area (Å²) in [5, 5.41) is 2.90. The van der Waals surface area contributed by atoms with Crippen LogP contribution >= 0.6 is 27.3 Å². The second-order valence-electron chi connectivity index (χ2n) is 9.17. The lowest BCUT2D eigenvalue weighted by Crippen LogP contribution is -2.29. The molecule has 0 bridgehead atoms. The van der Waals surface area contributed by atoms with Crippen LogP contribution in [0.2, 0.25) is 0 Å². The molecule has 1 aliphatic heterocycles. The number of esters is 1. The molecule has 1 saturated heterocycles. The van der Waals surface area contributed by atoms with Crippen molar-refractivity contribution in [3.8, 4) is 0 Å². The molecule has 3 aromatic rings. The van der Waals surface area contributed by atoms with Crippen molar-refractivity contribution in [1.82, 2.24) is 10.2 Å². The van der Waals surface area contributed by atoms with Gasteiger partial charge in [-0.3, -0.25) is 14.4 Å². The first-order valence-electron chi connectivity index (χ1n) is 12.3. The van der Waals surface area contributed by atoms with E-state index in [4.69, 9.17) is 0 Å². The molecule has 2 aromatic carbocycles. The van der Waals surface area contributed by atoms with Crippen LogP contribution in [0.5, 0.6) is 0 Å². The number of hydrogen-bond acceptors (Lipinski definition) is 7. The largest absolute Gasteiger partial charge is 0.465 e. The molecule has 4 rings (SSSR count). The SMILES string of the molecule is COC(=O)c1ccc(NS(=O)(=O)c2c(Br)sc(C(=O)NCc3ccc(CN4CCCCC4)cc3)c2C)cc1. The number of piperidine rings is 1. The van der Waals surface area contributed by atoms with Gasteiger partial charge in [0.1, 0.15) is 4.90 Å². The molecular weight excluding hydrogens is 590 g/mol. The normalized spacial score (nSPS) is 14.2. The molecule has 202 valence electrons. The molecule has 0 atom stereocenters. The fraction of sp³-hybridized carbons (Fsp3) is 0.333. The van der Waals surface area contributed by atoms with Gasteiger partial charge in [0.15, 0.2) is 0 Å². The van der Waals surface area contributed by atoms with Crippen molar-refractivity contribution >= 4 is 54.9 Å². The van der Waals surface area contributed by atoms with E-state index in [2.05, 4.69) is 47.7 Å². The Labute approximate surface area is 235 Å². The van der Waals surface area contributed by atoms with Crippen LogP contribution in [-0.4, -0.2) is 45.4 Å². The van der Waals surface area contributed by atoms with Gasteiger partial charge in [-0.15, -0.1) is 11.3 Å². The Kier molecular flexibility index (Phi) is 9.24. The fourth-order valence-corrected chi connectivity index (χ4v) is 8.44. The van der Waals surface area contributed by atoms with Crippen LogP contribution in [0.25, 0.3) is 0 Å². The van der Waals surface area contributed by atoms with Crippen LogP contribution in [-0.2, 0) is 27.8 Å². The van der Waals surface area contributed by atoms with Crippen LogP contribution in [0.1, 0.15) is 56.0 Å². The van der Waals surface area contributed by atoms with Crippen LogP contribution in [0.15, 0.2) is 57.2 Å². The number of rotatable bonds is 9. The second kappa shape index (κ2) is 12.4. The van der Waals surface area contributed by atoms with Crippen molar-refractivity contribution < 1.29 is 22.7 Å². The van der Waals surface area contributed by atoms with E-state index < -0.39 is 16.0 Å². The Hall–Kier alpha value is -2.73. The molecule has 0 unspecified atom stereocenters. The van der Waals surface area contributed by atoms with E-state index >= 15 is 0 Å². The summed E-state index contributed by atoms with van der Waals surface area (Å²) < 4.78 is 33.8. The highest BCUT2D eigenvalue weighted by molar-refractivity contribution is 9.11. The summed E-state index contributed by atoms with van der Waals surface area (Å²) in [4.78, 5) is 27.4. The zero-order valence-electron chi connectivity index (χ0n) is 21.3. The quantitative estimate of drug-likeness (QED) is 0.314. The molecule has 38 heavy (non-hydrogen) atoms. The molecule has 0 saturated carbocycles. The number of hydrogen-bond donors (Lipinski definition) is 2. The molecule has 2 N–H and O–H groups in total. The third-order valence-electron chi connectivity index (χ3n) is 6.42. The average molecular weight is 621 g/mol. The molecule has 0 spiro atoms. The van der Waals surface area contributed by atoms with Gasteiger partial charge in [-0.2, -0.15) is 0 Å². The van der Waals surface area contributed by atoms with Crippen molar-refractivity contribution in [2.24, 2.45) is 0 Å². The maximum atomic E-state index is 13.1. The number of amides is 1. The van der Waals surface area contributed by atoms with Crippen molar-refractivity contribution in [1.29, 1.82) is 0 Å². The number of thiophene rings is 1. The number of ether oxygens (including phenoxy) is 1. The van der Waals surface area contributed by atoms with Gasteiger partial charge < -0.3 is 10.1 Å². The minimum atomic E-state index is -4.00. The summed E-state index contributed by atoms with van der Waals surface area (Å²) in [7, 11) is -2.72. The van der Waals surface area contributed by atoms with Crippen molar-refractivity contribution in [3.05, 3.63) is 79.4 Å². The summed E-state index contributed by atoms with van der Waals surface area (Å²) in [6.07, 6.45) is 3.82. The van der Waals surface area contributed by atoms with Gasteiger partial charge in [0.2, 0.25) is 0 Å². The van der Waals surface area contributed by atoms with E-state index in [9.17, 15) is 18.0 Å². The number of sulfonamides is 1.